The van der Waals surface area contributed by atoms with Gasteiger partial charge in [0, 0.05) is 98.4 Å². The van der Waals surface area contributed by atoms with Crippen LogP contribution >= 0.6 is 23.5 Å². The largest absolute Gasteiger partial charge is 0.311 e. The van der Waals surface area contributed by atoms with Crippen molar-refractivity contribution in [3.05, 3.63) is 373 Å². The molecule has 0 saturated carbocycles. The monoisotopic (exact) mass is 1420 g/mol. The van der Waals surface area contributed by atoms with Crippen molar-refractivity contribution < 1.29 is 0 Å². The third-order valence-electron chi connectivity index (χ3n) is 23.2. The Bertz CT molecular complexity index is 7470. The lowest BCUT2D eigenvalue weighted by Crippen LogP contribution is -2.64. The highest BCUT2D eigenvalue weighted by Crippen LogP contribution is 2.48. The number of fused-ring (bicyclic) bond motifs is 12. The molecule has 5 aromatic heterocycles. The molecule has 0 fully saturated rings. The number of hydrogen-bond acceptors (Lipinski definition) is 9. The zero-order valence-corrected chi connectivity index (χ0v) is 59.3. The van der Waals surface area contributed by atoms with Gasteiger partial charge in [-0.15, -0.1) is 0 Å². The molecule has 0 saturated heterocycles. The van der Waals surface area contributed by atoms with Gasteiger partial charge in [0.05, 0.1) is 43.9 Å². The molecule has 0 amide bonds. The molecule has 0 radical (unpaired) electrons. The van der Waals surface area contributed by atoms with Crippen molar-refractivity contribution in [2.24, 2.45) is 0 Å². The van der Waals surface area contributed by atoms with Crippen molar-refractivity contribution in [3.8, 4) is 22.3 Å². The van der Waals surface area contributed by atoms with Crippen LogP contribution in [0.2, 0.25) is 0 Å². The van der Waals surface area contributed by atoms with Crippen LogP contribution in [0.15, 0.2) is 348 Å². The zero-order chi connectivity index (χ0) is 71.3. The molecule has 0 unspecified atom stereocenters. The fourth-order valence-electron chi connectivity index (χ4n) is 18.7. The molecule has 14 aromatic carbocycles. The van der Waals surface area contributed by atoms with E-state index in [1.807, 2.05) is 127 Å². The summed E-state index contributed by atoms with van der Waals surface area (Å²) in [5.41, 5.74) is 28.1. The summed E-state index contributed by atoms with van der Waals surface area (Å²) in [5, 5.41) is 4.51. The van der Waals surface area contributed by atoms with Crippen LogP contribution in [0.3, 0.4) is 0 Å². The molecule has 108 heavy (non-hydrogen) atoms. The third kappa shape index (κ3) is 8.79. The highest BCUT2D eigenvalue weighted by molar-refractivity contribution is 8.01. The van der Waals surface area contributed by atoms with Crippen molar-refractivity contribution in [2.75, 3.05) is 9.80 Å². The van der Waals surface area contributed by atoms with Gasteiger partial charge in [-0.05, 0) is 213 Å². The average Bonchev–Trinajstić information content (AvgIpc) is 0.702. The average molecular weight is 1420 g/mol. The van der Waals surface area contributed by atoms with Gasteiger partial charge in [0.2, 0.25) is 6.71 Å². The van der Waals surface area contributed by atoms with E-state index in [4.69, 9.17) is 0 Å². The van der Waals surface area contributed by atoms with E-state index in [0.29, 0.717) is 60.5 Å². The van der Waals surface area contributed by atoms with E-state index in [1.54, 1.807) is 12.4 Å². The molecule has 0 aliphatic carbocycles. The predicted octanol–water partition coefficient (Wildman–Crippen LogP) is 16.9. The molecule has 19 aromatic rings. The van der Waals surface area contributed by atoms with E-state index in [0.717, 1.165) is 73.4 Å². The maximum Gasteiger partial charge on any atom is 0.252 e. The van der Waals surface area contributed by atoms with Gasteiger partial charge in [0.25, 0.3) is 6.71 Å². The van der Waals surface area contributed by atoms with Gasteiger partial charge in [-0.25, -0.2) is 0 Å². The van der Waals surface area contributed by atoms with E-state index in [9.17, 15) is 19.2 Å². The fourth-order valence-corrected chi connectivity index (χ4v) is 21.1. The Hall–Kier alpha value is -13.1. The van der Waals surface area contributed by atoms with Crippen molar-refractivity contribution in [2.45, 2.75) is 32.4 Å². The highest BCUT2D eigenvalue weighted by Gasteiger charge is 2.47. The van der Waals surface area contributed by atoms with Crippen LogP contribution in [0.1, 0.15) is 22.3 Å². The lowest BCUT2D eigenvalue weighted by molar-refractivity contribution is 1.17. The molecule has 13 heteroatoms. The molecule has 24 rings (SSSR count). The SMILES string of the molecule is O=c1c2ccccc2n2c3ccc(-c4cc5c6c(c4)N(c4ccccc4)c4cccc7c4B6c4c(cccc4N7c4ccccc4)C5)cc3c(=O)c3cncc1c32.O=c1c2ccccc2n2c3ccc(Cc4ccc5c(c4)Sc4cccc6c4B5c4ccccc4S6)cc3c(=O)c3cc(-c4ccccc4)cc1c32. The Labute approximate surface area is 626 Å². The summed E-state index contributed by atoms with van der Waals surface area (Å²) in [4.78, 5) is 71.1. The first-order chi connectivity index (χ1) is 53.2. The summed E-state index contributed by atoms with van der Waals surface area (Å²) in [7, 11) is 0. The van der Waals surface area contributed by atoms with Crippen molar-refractivity contribution in [1.82, 2.24) is 13.8 Å². The number of benzene rings is 14. The lowest BCUT2D eigenvalue weighted by atomic mass is 9.30. The second kappa shape index (κ2) is 23.2. The predicted molar refractivity (Wildman–Crippen MR) is 448 cm³/mol. The molecule has 9 nitrogen and oxygen atoms in total. The number of rotatable bonds is 6. The van der Waals surface area contributed by atoms with E-state index in [1.165, 1.54) is 86.1 Å². The summed E-state index contributed by atoms with van der Waals surface area (Å²) >= 11 is 3.74. The normalized spacial score (nSPS) is 13.4. The molecule has 5 aliphatic heterocycles. The van der Waals surface area contributed by atoms with Gasteiger partial charge in [0.15, 0.2) is 21.7 Å². The standard InChI is InChI=1S/C50H29BN4O2.C45H26BNO2S2/c56-49-35-16-7-8-17-39(35)55-40-22-21-29(25-36(40)50(57)38-28-52-27-37(49)48(38)55)31-24-32-23-30-11-9-18-41-45(30)51-46(32)44(26-31)54(34-14-5-2-6-15-34)43-20-10-19-42(47(43)51)53(41)33-12-3-1-4-13-33;48-44-30-11-4-6-13-36(30)47-37-20-18-26(22-31(37)45(49)33-25-29(24-32(44)43(33)47)28-9-2-1-3-10-28)21-27-17-19-35-41(23-27)51-40-16-8-15-39-42(40)46(35)34-12-5-7-14-38(34)50-39/h1-22,24-28H,23H2;1-20,22-25H,21H2. The van der Waals surface area contributed by atoms with Crippen LogP contribution in [0.25, 0.3) is 98.4 Å². The molecule has 0 spiro atoms. The summed E-state index contributed by atoms with van der Waals surface area (Å²) < 4.78 is 4.19. The maximum atomic E-state index is 14.5. The van der Waals surface area contributed by atoms with Crippen LogP contribution in [0, 0.1) is 0 Å². The van der Waals surface area contributed by atoms with E-state index < -0.39 is 0 Å². The van der Waals surface area contributed by atoms with Crippen molar-refractivity contribution in [3.63, 3.8) is 0 Å². The quantitative estimate of drug-likeness (QED) is 0.0916. The Morgan fingerprint density at radius 1 is 0.306 bits per heavy atom. The van der Waals surface area contributed by atoms with Gasteiger partial charge in [0.1, 0.15) is 0 Å². The van der Waals surface area contributed by atoms with Crippen molar-refractivity contribution in [1.29, 1.82) is 0 Å². The minimum Gasteiger partial charge on any atom is -0.311 e. The third-order valence-corrected chi connectivity index (χ3v) is 25.5. The zero-order valence-electron chi connectivity index (χ0n) is 57.7. The number of aromatic nitrogens is 3. The van der Waals surface area contributed by atoms with Crippen LogP contribution in [-0.4, -0.2) is 27.2 Å². The van der Waals surface area contributed by atoms with E-state index in [2.05, 4.69) is 218 Å². The first-order valence-electron chi connectivity index (χ1n) is 36.5. The minimum atomic E-state index is -0.127. The number of hydrogen-bond donors (Lipinski definition) is 0. The molecule has 10 heterocycles. The molecule has 502 valence electrons. The van der Waals surface area contributed by atoms with Crippen LogP contribution in [0.5, 0.6) is 0 Å². The van der Waals surface area contributed by atoms with Gasteiger partial charge in [-0.2, -0.15) is 0 Å². The van der Waals surface area contributed by atoms with Gasteiger partial charge >= 0.3 is 0 Å². The smallest absolute Gasteiger partial charge is 0.252 e. The molecule has 0 N–H and O–H groups in total. The minimum absolute atomic E-state index is 0.0495. The van der Waals surface area contributed by atoms with Crippen LogP contribution in [-0.2, 0) is 12.8 Å². The lowest BCUT2D eigenvalue weighted by Gasteiger charge is -2.47. The highest BCUT2D eigenvalue weighted by atomic mass is 32.2. The van der Waals surface area contributed by atoms with Crippen LogP contribution in [0.4, 0.5) is 34.1 Å². The second-order valence-electron chi connectivity index (χ2n) is 28.9. The first kappa shape index (κ1) is 61.3. The first-order valence-corrected chi connectivity index (χ1v) is 38.2. The van der Waals surface area contributed by atoms with E-state index >= 15 is 0 Å². The Kier molecular flexibility index (Phi) is 13.2. The van der Waals surface area contributed by atoms with Crippen LogP contribution < -0.4 is 64.3 Å². The number of nitrogens with zero attached hydrogens (tertiary/aromatic N) is 5. The van der Waals surface area contributed by atoms with Gasteiger partial charge < -0.3 is 18.6 Å². The topological polar surface area (TPSA) is 96.5 Å². The summed E-state index contributed by atoms with van der Waals surface area (Å²) in [6.07, 6.45) is 4.69. The van der Waals surface area contributed by atoms with E-state index in [-0.39, 0.29) is 35.1 Å². The summed E-state index contributed by atoms with van der Waals surface area (Å²) in [6.45, 7) is 0.297. The van der Waals surface area contributed by atoms with Gasteiger partial charge in [-0.3, -0.25) is 24.2 Å². The number of pyridine rings is 5. The van der Waals surface area contributed by atoms with Gasteiger partial charge in [-0.1, -0.05) is 198 Å². The molecule has 5 aliphatic rings. The molecular weight excluding hydrogens is 1360 g/mol. The number of anilines is 6. The molecular formula is C95H55B2N5O4S2. The summed E-state index contributed by atoms with van der Waals surface area (Å²) in [6, 6.07) is 104. The molecule has 0 bridgehead atoms. The maximum absolute atomic E-state index is 14.5. The van der Waals surface area contributed by atoms with Crippen molar-refractivity contribution >= 4 is 180 Å². The Morgan fingerprint density at radius 2 is 0.787 bits per heavy atom. The molecule has 0 atom stereocenters. The Morgan fingerprint density at radius 3 is 1.49 bits per heavy atom. The summed E-state index contributed by atoms with van der Waals surface area (Å²) in [5.74, 6) is 0. The fraction of sp³-hybridized carbons (Fsp3) is 0.0211. The number of para-hydroxylation sites is 4. The second-order valence-corrected chi connectivity index (χ2v) is 31.1. The Balaban J connectivity index is 0.000000131.